The van der Waals surface area contributed by atoms with Gasteiger partial charge in [-0.1, -0.05) is 44.0 Å². The minimum absolute atomic E-state index is 0.110. The summed E-state index contributed by atoms with van der Waals surface area (Å²) in [5.41, 5.74) is 2.75. The van der Waals surface area contributed by atoms with Crippen LogP contribution in [-0.2, 0) is 6.42 Å². The van der Waals surface area contributed by atoms with Crippen molar-refractivity contribution in [2.45, 2.75) is 57.5 Å². The van der Waals surface area contributed by atoms with Crippen LogP contribution in [0.4, 0.5) is 0 Å². The molecule has 1 nitrogen and oxygen atoms in total. The molecule has 1 aliphatic rings. The van der Waals surface area contributed by atoms with Crippen LogP contribution in [0.2, 0.25) is 0 Å². The molecule has 0 saturated heterocycles. The molecular formula is C15H22O. The van der Waals surface area contributed by atoms with E-state index in [2.05, 4.69) is 31.2 Å². The van der Waals surface area contributed by atoms with E-state index in [1.807, 2.05) is 0 Å². The molecule has 0 bridgehead atoms. The summed E-state index contributed by atoms with van der Waals surface area (Å²) < 4.78 is 0. The number of aliphatic hydroxyl groups is 1. The Bertz CT molecular complexity index is 315. The van der Waals surface area contributed by atoms with Crippen molar-refractivity contribution in [1.29, 1.82) is 0 Å². The van der Waals surface area contributed by atoms with E-state index in [0.717, 1.165) is 12.8 Å². The van der Waals surface area contributed by atoms with Gasteiger partial charge in [0.25, 0.3) is 0 Å². The molecule has 1 N–H and O–H groups in total. The molecule has 2 rings (SSSR count). The Morgan fingerprint density at radius 2 is 1.94 bits per heavy atom. The van der Waals surface area contributed by atoms with Gasteiger partial charge in [-0.3, -0.25) is 0 Å². The average Bonchev–Trinajstić information content (AvgIpc) is 2.74. The predicted molar refractivity (Wildman–Crippen MR) is 67.7 cm³/mol. The van der Waals surface area contributed by atoms with E-state index >= 15 is 0 Å². The summed E-state index contributed by atoms with van der Waals surface area (Å²) in [7, 11) is 0. The Labute approximate surface area is 98.5 Å². The number of hydrogen-bond donors (Lipinski definition) is 1. The van der Waals surface area contributed by atoms with E-state index < -0.39 is 0 Å². The Morgan fingerprint density at radius 1 is 1.19 bits per heavy atom. The minimum Gasteiger partial charge on any atom is -0.392 e. The molecule has 0 spiro atoms. The zero-order valence-electron chi connectivity index (χ0n) is 10.2. The van der Waals surface area contributed by atoms with Gasteiger partial charge in [-0.05, 0) is 36.8 Å². The van der Waals surface area contributed by atoms with Gasteiger partial charge in [-0.2, -0.15) is 0 Å². The van der Waals surface area contributed by atoms with Crippen molar-refractivity contribution in [2.24, 2.45) is 0 Å². The minimum atomic E-state index is -0.110. The maximum atomic E-state index is 9.85. The normalized spacial score (nSPS) is 24.9. The fourth-order valence-corrected chi connectivity index (χ4v) is 2.64. The molecule has 0 aromatic heterocycles. The highest BCUT2D eigenvalue weighted by Crippen LogP contribution is 2.34. The summed E-state index contributed by atoms with van der Waals surface area (Å²) in [6, 6.07) is 8.89. The molecule has 2 atom stereocenters. The van der Waals surface area contributed by atoms with Gasteiger partial charge in [0.2, 0.25) is 0 Å². The highest BCUT2D eigenvalue weighted by Gasteiger charge is 2.26. The van der Waals surface area contributed by atoms with Crippen LogP contribution in [0.25, 0.3) is 0 Å². The van der Waals surface area contributed by atoms with E-state index in [-0.39, 0.29) is 6.10 Å². The lowest BCUT2D eigenvalue weighted by Gasteiger charge is -2.15. The van der Waals surface area contributed by atoms with Crippen molar-refractivity contribution in [3.8, 4) is 0 Å². The lowest BCUT2D eigenvalue weighted by molar-refractivity contribution is 0.164. The quantitative estimate of drug-likeness (QED) is 0.817. The Kier molecular flexibility index (Phi) is 4.00. The summed E-state index contributed by atoms with van der Waals surface area (Å²) in [6.07, 6.45) is 6.89. The predicted octanol–water partition coefficient (Wildman–Crippen LogP) is 3.66. The fourth-order valence-electron chi connectivity index (χ4n) is 2.64. The number of benzene rings is 1. The van der Waals surface area contributed by atoms with E-state index in [1.165, 1.54) is 36.8 Å². The number of unbranched alkanes of at least 4 members (excludes halogenated alkanes) is 1. The van der Waals surface area contributed by atoms with Crippen LogP contribution in [0, 0.1) is 0 Å². The monoisotopic (exact) mass is 218 g/mol. The summed E-state index contributed by atoms with van der Waals surface area (Å²) in [6.45, 7) is 2.23. The summed E-state index contributed by atoms with van der Waals surface area (Å²) in [5.74, 6) is 0.389. The van der Waals surface area contributed by atoms with Crippen LogP contribution in [0.15, 0.2) is 24.3 Å². The largest absolute Gasteiger partial charge is 0.392 e. The van der Waals surface area contributed by atoms with Crippen molar-refractivity contribution in [2.75, 3.05) is 0 Å². The molecule has 16 heavy (non-hydrogen) atoms. The number of aryl methyl sites for hydroxylation is 1. The smallest absolute Gasteiger partial charge is 0.0608 e. The molecule has 88 valence electrons. The zero-order valence-corrected chi connectivity index (χ0v) is 10.2. The van der Waals surface area contributed by atoms with Gasteiger partial charge in [0.05, 0.1) is 6.10 Å². The van der Waals surface area contributed by atoms with Crippen LogP contribution >= 0.6 is 0 Å². The van der Waals surface area contributed by atoms with Crippen LogP contribution in [0.1, 0.15) is 56.1 Å². The summed E-state index contributed by atoms with van der Waals surface area (Å²) in [4.78, 5) is 0. The van der Waals surface area contributed by atoms with Gasteiger partial charge in [-0.25, -0.2) is 0 Å². The van der Waals surface area contributed by atoms with Gasteiger partial charge in [0.1, 0.15) is 0 Å². The maximum Gasteiger partial charge on any atom is 0.0608 e. The van der Waals surface area contributed by atoms with Crippen LogP contribution < -0.4 is 0 Å². The average molecular weight is 218 g/mol. The molecular weight excluding hydrogens is 196 g/mol. The van der Waals surface area contributed by atoms with Crippen molar-refractivity contribution >= 4 is 0 Å². The highest BCUT2D eigenvalue weighted by molar-refractivity contribution is 5.27. The van der Waals surface area contributed by atoms with E-state index in [9.17, 15) is 5.11 Å². The van der Waals surface area contributed by atoms with E-state index in [1.54, 1.807) is 0 Å². The topological polar surface area (TPSA) is 20.2 Å². The van der Waals surface area contributed by atoms with Crippen molar-refractivity contribution in [1.82, 2.24) is 0 Å². The third-order valence-electron chi connectivity index (χ3n) is 3.71. The van der Waals surface area contributed by atoms with Gasteiger partial charge >= 0.3 is 0 Å². The summed E-state index contributed by atoms with van der Waals surface area (Å²) in [5, 5.41) is 9.85. The number of aliphatic hydroxyl groups excluding tert-OH is 1. The molecule has 1 aromatic carbocycles. The summed E-state index contributed by atoms with van der Waals surface area (Å²) >= 11 is 0. The second kappa shape index (κ2) is 5.49. The van der Waals surface area contributed by atoms with Gasteiger partial charge in [0, 0.05) is 5.92 Å². The molecule has 1 aliphatic carbocycles. The van der Waals surface area contributed by atoms with Crippen molar-refractivity contribution < 1.29 is 5.11 Å². The fraction of sp³-hybridized carbons (Fsp3) is 0.600. The van der Waals surface area contributed by atoms with Gasteiger partial charge in [0.15, 0.2) is 0 Å². The molecule has 1 saturated carbocycles. The van der Waals surface area contributed by atoms with Crippen molar-refractivity contribution in [3.05, 3.63) is 35.4 Å². The first kappa shape index (κ1) is 11.7. The molecule has 0 aliphatic heterocycles. The van der Waals surface area contributed by atoms with Crippen LogP contribution in [0.5, 0.6) is 0 Å². The number of hydrogen-bond acceptors (Lipinski definition) is 1. The third-order valence-corrected chi connectivity index (χ3v) is 3.71. The molecule has 0 amide bonds. The first-order valence-corrected chi connectivity index (χ1v) is 6.58. The van der Waals surface area contributed by atoms with Gasteiger partial charge in [-0.15, -0.1) is 0 Å². The van der Waals surface area contributed by atoms with Crippen LogP contribution in [0.3, 0.4) is 0 Å². The molecule has 0 heterocycles. The Balaban J connectivity index is 2.01. The lowest BCUT2D eigenvalue weighted by Crippen LogP contribution is -2.10. The van der Waals surface area contributed by atoms with E-state index in [0.29, 0.717) is 5.92 Å². The lowest BCUT2D eigenvalue weighted by atomic mass is 9.94. The van der Waals surface area contributed by atoms with E-state index in [4.69, 9.17) is 0 Å². The first-order valence-electron chi connectivity index (χ1n) is 6.58. The number of rotatable bonds is 4. The third kappa shape index (κ3) is 2.65. The Hall–Kier alpha value is -0.820. The Morgan fingerprint density at radius 3 is 2.50 bits per heavy atom. The van der Waals surface area contributed by atoms with Crippen LogP contribution in [-0.4, -0.2) is 11.2 Å². The first-order chi connectivity index (χ1) is 7.81. The second-order valence-corrected chi connectivity index (χ2v) is 4.95. The maximum absolute atomic E-state index is 9.85. The second-order valence-electron chi connectivity index (χ2n) is 4.95. The molecule has 1 aromatic rings. The molecule has 0 radical (unpaired) electrons. The van der Waals surface area contributed by atoms with Gasteiger partial charge < -0.3 is 5.11 Å². The SMILES string of the molecule is CCCCc1ccc(C2CCCC2O)cc1. The molecule has 2 unspecified atom stereocenters. The standard InChI is InChI=1S/C15H22O/c1-2-3-5-12-8-10-13(11-9-12)14-6-4-7-15(14)16/h8-11,14-16H,2-7H2,1H3. The zero-order chi connectivity index (χ0) is 11.4. The van der Waals surface area contributed by atoms with Crippen molar-refractivity contribution in [3.63, 3.8) is 0 Å². The highest BCUT2D eigenvalue weighted by atomic mass is 16.3. The molecule has 1 fully saturated rings. The molecule has 1 heteroatoms.